The molecule has 2 unspecified atom stereocenters. The van der Waals surface area contributed by atoms with E-state index in [0.717, 1.165) is 45.6 Å². The minimum Gasteiger partial charge on any atom is -0.480 e. The van der Waals surface area contributed by atoms with E-state index in [-0.39, 0.29) is 0 Å². The van der Waals surface area contributed by atoms with Gasteiger partial charge in [-0.15, -0.1) is 0 Å². The van der Waals surface area contributed by atoms with E-state index in [4.69, 9.17) is 0 Å². The average Bonchev–Trinajstić information content (AvgIpc) is 3.31. The minimum absolute atomic E-state index is 0.308. The van der Waals surface area contributed by atoms with Gasteiger partial charge in [0.05, 0.1) is 0 Å². The third-order valence-corrected chi connectivity index (χ3v) is 5.24. The van der Waals surface area contributed by atoms with Gasteiger partial charge in [0.2, 0.25) is 0 Å². The van der Waals surface area contributed by atoms with Gasteiger partial charge in [0, 0.05) is 38.8 Å². The lowest BCUT2D eigenvalue weighted by atomic mass is 9.92. The maximum absolute atomic E-state index is 11.9. The molecule has 5 nitrogen and oxygen atoms in total. The highest BCUT2D eigenvalue weighted by Gasteiger charge is 2.51. The van der Waals surface area contributed by atoms with Gasteiger partial charge in [-0.2, -0.15) is 0 Å². The summed E-state index contributed by atoms with van der Waals surface area (Å²) in [5.74, 6) is -0.362. The fourth-order valence-corrected chi connectivity index (χ4v) is 3.51. The highest BCUT2D eigenvalue weighted by Crippen LogP contribution is 2.40. The van der Waals surface area contributed by atoms with Crippen molar-refractivity contribution in [2.75, 3.05) is 39.3 Å². The van der Waals surface area contributed by atoms with Crippen LogP contribution in [-0.4, -0.2) is 71.7 Å². The number of nitrogens with one attached hydrogen (secondary N) is 1. The summed E-state index contributed by atoms with van der Waals surface area (Å²) >= 11 is 0. The Kier molecular flexibility index (Phi) is 5.63. The lowest BCUT2D eigenvalue weighted by Crippen LogP contribution is -2.63. The molecule has 2 atom stereocenters. The van der Waals surface area contributed by atoms with Crippen molar-refractivity contribution in [2.24, 2.45) is 5.92 Å². The number of hydrogen-bond acceptors (Lipinski definition) is 4. The normalized spacial score (nSPS) is 25.5. The molecule has 21 heavy (non-hydrogen) atoms. The van der Waals surface area contributed by atoms with Crippen molar-refractivity contribution in [3.8, 4) is 0 Å². The first-order valence-electron chi connectivity index (χ1n) is 8.48. The Balaban J connectivity index is 1.94. The van der Waals surface area contributed by atoms with Crippen LogP contribution in [0.5, 0.6) is 0 Å². The summed E-state index contributed by atoms with van der Waals surface area (Å²) in [6.07, 6.45) is 3.27. The molecule has 0 aromatic carbocycles. The molecule has 0 radical (unpaired) electrons. The minimum atomic E-state index is -0.729. The van der Waals surface area contributed by atoms with Crippen LogP contribution in [0.15, 0.2) is 0 Å². The fourth-order valence-electron chi connectivity index (χ4n) is 3.51. The Morgan fingerprint density at radius 3 is 2.33 bits per heavy atom. The maximum atomic E-state index is 11.9. The molecule has 0 spiro atoms. The van der Waals surface area contributed by atoms with Gasteiger partial charge in [-0.1, -0.05) is 13.8 Å². The Bertz CT molecular complexity index is 351. The summed E-state index contributed by atoms with van der Waals surface area (Å²) in [5.41, 5.74) is -0.729. The number of carboxylic acid groups (broad SMARTS) is 1. The first-order chi connectivity index (χ1) is 10.0. The van der Waals surface area contributed by atoms with Crippen molar-refractivity contribution < 1.29 is 9.90 Å². The number of rotatable bonds is 8. The van der Waals surface area contributed by atoms with Crippen LogP contribution in [0.4, 0.5) is 0 Å². The molecule has 1 heterocycles. The maximum Gasteiger partial charge on any atom is 0.325 e. The van der Waals surface area contributed by atoms with Crippen molar-refractivity contribution in [3.05, 3.63) is 0 Å². The van der Waals surface area contributed by atoms with Crippen LogP contribution in [0.1, 0.15) is 40.0 Å². The van der Waals surface area contributed by atoms with Crippen LogP contribution in [0, 0.1) is 5.92 Å². The molecule has 2 fully saturated rings. The van der Waals surface area contributed by atoms with E-state index in [1.165, 1.54) is 6.42 Å². The van der Waals surface area contributed by atoms with Crippen LogP contribution in [0.2, 0.25) is 0 Å². The van der Waals surface area contributed by atoms with Crippen molar-refractivity contribution in [1.29, 1.82) is 0 Å². The van der Waals surface area contributed by atoms with Gasteiger partial charge in [0.15, 0.2) is 0 Å². The number of piperazine rings is 1. The van der Waals surface area contributed by atoms with Crippen LogP contribution in [0.25, 0.3) is 0 Å². The van der Waals surface area contributed by atoms with Crippen LogP contribution >= 0.6 is 0 Å². The predicted octanol–water partition coefficient (Wildman–Crippen LogP) is 1.25. The molecule has 1 aliphatic carbocycles. The zero-order valence-electron chi connectivity index (χ0n) is 13.8. The fraction of sp³-hybridized carbons (Fsp3) is 0.938. The topological polar surface area (TPSA) is 55.8 Å². The Morgan fingerprint density at radius 2 is 1.90 bits per heavy atom. The summed E-state index contributed by atoms with van der Waals surface area (Å²) < 4.78 is 0. The third-order valence-electron chi connectivity index (χ3n) is 5.24. The Morgan fingerprint density at radius 1 is 1.29 bits per heavy atom. The number of aliphatic carboxylic acids is 1. The molecule has 0 aromatic heterocycles. The standard InChI is InChI=1S/C16H31N3O2/c1-4-13(3)19-10-8-18(9-11-19)12-16(15(20)21,17-5-2)14-6-7-14/h13-14,17H,4-12H2,1-3H3,(H,20,21). The quantitative estimate of drug-likeness (QED) is 0.706. The summed E-state index contributed by atoms with van der Waals surface area (Å²) in [4.78, 5) is 16.7. The largest absolute Gasteiger partial charge is 0.480 e. The second kappa shape index (κ2) is 7.07. The zero-order valence-corrected chi connectivity index (χ0v) is 13.8. The number of nitrogens with zero attached hydrogens (tertiary/aromatic N) is 2. The molecular weight excluding hydrogens is 266 g/mol. The van der Waals surface area contributed by atoms with E-state index in [9.17, 15) is 9.90 Å². The zero-order chi connectivity index (χ0) is 15.5. The molecule has 0 bridgehead atoms. The first kappa shape index (κ1) is 16.7. The van der Waals surface area contributed by atoms with E-state index >= 15 is 0 Å². The molecule has 0 amide bonds. The van der Waals surface area contributed by atoms with Gasteiger partial charge >= 0.3 is 5.97 Å². The molecule has 1 aliphatic heterocycles. The second-order valence-electron chi connectivity index (χ2n) is 6.65. The van der Waals surface area contributed by atoms with E-state index < -0.39 is 11.5 Å². The number of carbonyl (C=O) groups is 1. The molecule has 2 N–H and O–H groups in total. The molecular formula is C16H31N3O2. The van der Waals surface area contributed by atoms with Crippen molar-refractivity contribution in [2.45, 2.75) is 51.6 Å². The highest BCUT2D eigenvalue weighted by atomic mass is 16.4. The van der Waals surface area contributed by atoms with E-state index in [1.807, 2.05) is 6.92 Å². The third kappa shape index (κ3) is 3.76. The monoisotopic (exact) mass is 297 g/mol. The highest BCUT2D eigenvalue weighted by molar-refractivity contribution is 5.80. The summed E-state index contributed by atoms with van der Waals surface area (Å²) in [6.45, 7) is 12.0. The predicted molar refractivity (Wildman–Crippen MR) is 84.5 cm³/mol. The van der Waals surface area contributed by atoms with Gasteiger partial charge in [0.1, 0.15) is 5.54 Å². The van der Waals surface area contributed by atoms with E-state index in [0.29, 0.717) is 18.5 Å². The van der Waals surface area contributed by atoms with Gasteiger partial charge in [-0.3, -0.25) is 14.6 Å². The number of carboxylic acids is 1. The van der Waals surface area contributed by atoms with Gasteiger partial charge in [-0.25, -0.2) is 0 Å². The van der Waals surface area contributed by atoms with E-state index in [2.05, 4.69) is 29.0 Å². The van der Waals surface area contributed by atoms with Gasteiger partial charge in [-0.05, 0) is 38.6 Å². The summed E-state index contributed by atoms with van der Waals surface area (Å²) in [6, 6.07) is 0.633. The second-order valence-corrected chi connectivity index (χ2v) is 6.65. The van der Waals surface area contributed by atoms with Crippen LogP contribution in [-0.2, 0) is 4.79 Å². The molecule has 5 heteroatoms. The average molecular weight is 297 g/mol. The SMILES string of the molecule is CCNC(CN1CCN(C(C)CC)CC1)(C(=O)O)C1CC1. The lowest BCUT2D eigenvalue weighted by molar-refractivity contribution is -0.147. The van der Waals surface area contributed by atoms with Crippen molar-refractivity contribution in [3.63, 3.8) is 0 Å². The Hall–Kier alpha value is -0.650. The number of hydrogen-bond donors (Lipinski definition) is 2. The molecule has 0 aromatic rings. The van der Waals surface area contributed by atoms with Gasteiger partial charge < -0.3 is 10.4 Å². The van der Waals surface area contributed by atoms with Crippen LogP contribution < -0.4 is 5.32 Å². The van der Waals surface area contributed by atoms with Gasteiger partial charge in [0.25, 0.3) is 0 Å². The van der Waals surface area contributed by atoms with Crippen molar-refractivity contribution in [1.82, 2.24) is 15.1 Å². The summed E-state index contributed by atoms with van der Waals surface area (Å²) in [5, 5.41) is 13.1. The van der Waals surface area contributed by atoms with E-state index in [1.54, 1.807) is 0 Å². The molecule has 2 aliphatic rings. The lowest BCUT2D eigenvalue weighted by Gasteiger charge is -2.42. The Labute approximate surface area is 128 Å². The molecule has 2 rings (SSSR count). The molecule has 1 saturated heterocycles. The van der Waals surface area contributed by atoms with Crippen molar-refractivity contribution >= 4 is 5.97 Å². The molecule has 122 valence electrons. The molecule has 1 saturated carbocycles. The number of likely N-dealkylation sites (N-methyl/N-ethyl adjacent to an activating group) is 1. The smallest absolute Gasteiger partial charge is 0.325 e. The van der Waals surface area contributed by atoms with Crippen LogP contribution in [0.3, 0.4) is 0 Å². The first-order valence-corrected chi connectivity index (χ1v) is 8.48. The summed E-state index contributed by atoms with van der Waals surface area (Å²) in [7, 11) is 0.